The number of hydrogen-bond donors (Lipinski definition) is 1. The maximum atomic E-state index is 10.5. The van der Waals surface area contributed by atoms with Crippen molar-refractivity contribution in [2.75, 3.05) is 7.05 Å². The first kappa shape index (κ1) is 14.3. The Hall–Kier alpha value is -1.64. The van der Waals surface area contributed by atoms with E-state index in [9.17, 15) is 5.11 Å². The number of benzene rings is 2. The Kier molecular flexibility index (Phi) is 4.09. The van der Waals surface area contributed by atoms with Gasteiger partial charge in [0, 0.05) is 18.0 Å². The highest BCUT2D eigenvalue weighted by molar-refractivity contribution is 5.25. The van der Waals surface area contributed by atoms with Gasteiger partial charge >= 0.3 is 0 Å². The van der Waals surface area contributed by atoms with Crippen LogP contribution in [-0.4, -0.2) is 23.2 Å². The fourth-order valence-corrected chi connectivity index (χ4v) is 3.62. The molecule has 1 aliphatic heterocycles. The van der Waals surface area contributed by atoms with E-state index in [0.717, 1.165) is 6.42 Å². The second-order valence-electron chi connectivity index (χ2n) is 6.11. The first-order valence-corrected chi connectivity index (χ1v) is 7.68. The summed E-state index contributed by atoms with van der Waals surface area (Å²) in [5, 5.41) is 10.5. The van der Waals surface area contributed by atoms with E-state index in [4.69, 9.17) is 0 Å². The normalized spacial score (nSPS) is 30.2. The number of aliphatic hydroxyl groups is 1. The minimum absolute atomic E-state index is 0.234. The molecule has 1 heterocycles. The monoisotopic (exact) mass is 281 g/mol. The molecule has 2 heteroatoms. The predicted molar refractivity (Wildman–Crippen MR) is 85.9 cm³/mol. The second-order valence-corrected chi connectivity index (χ2v) is 6.11. The molecule has 0 radical (unpaired) electrons. The van der Waals surface area contributed by atoms with E-state index < -0.39 is 0 Å². The van der Waals surface area contributed by atoms with Crippen molar-refractivity contribution in [2.45, 2.75) is 31.5 Å². The molecule has 1 aliphatic rings. The van der Waals surface area contributed by atoms with Gasteiger partial charge in [-0.25, -0.2) is 0 Å². The minimum atomic E-state index is -0.267. The van der Waals surface area contributed by atoms with Crippen LogP contribution in [0.4, 0.5) is 0 Å². The van der Waals surface area contributed by atoms with Gasteiger partial charge in [0.15, 0.2) is 0 Å². The zero-order chi connectivity index (χ0) is 14.8. The molecule has 0 amide bonds. The lowest BCUT2D eigenvalue weighted by Crippen LogP contribution is -2.44. The Morgan fingerprint density at radius 2 is 1.43 bits per heavy atom. The molecule has 4 atom stereocenters. The summed E-state index contributed by atoms with van der Waals surface area (Å²) in [4.78, 5) is 2.42. The molecular weight excluding hydrogens is 258 g/mol. The van der Waals surface area contributed by atoms with Crippen molar-refractivity contribution in [1.29, 1.82) is 0 Å². The quantitative estimate of drug-likeness (QED) is 0.905. The van der Waals surface area contributed by atoms with Crippen LogP contribution >= 0.6 is 0 Å². The fraction of sp³-hybridized carbons (Fsp3) is 0.368. The SMILES string of the molecule is C[C@@H]1[C@@H](O)C[C@@H](c2ccccc2)N(C)[C@H]1c1ccccc1. The van der Waals surface area contributed by atoms with Crippen LogP contribution in [0.3, 0.4) is 0 Å². The summed E-state index contributed by atoms with van der Waals surface area (Å²) < 4.78 is 0. The number of rotatable bonds is 2. The van der Waals surface area contributed by atoms with Crippen LogP contribution < -0.4 is 0 Å². The molecule has 21 heavy (non-hydrogen) atoms. The molecule has 0 aromatic heterocycles. The van der Waals surface area contributed by atoms with Gasteiger partial charge < -0.3 is 5.11 Å². The van der Waals surface area contributed by atoms with Gasteiger partial charge in [0.1, 0.15) is 0 Å². The Morgan fingerprint density at radius 1 is 0.905 bits per heavy atom. The van der Waals surface area contributed by atoms with Crippen LogP contribution in [0.25, 0.3) is 0 Å². The van der Waals surface area contributed by atoms with E-state index in [-0.39, 0.29) is 24.1 Å². The summed E-state index contributed by atoms with van der Waals surface area (Å²) in [6.45, 7) is 2.15. The Bertz CT molecular complexity index is 569. The van der Waals surface area contributed by atoms with E-state index in [1.54, 1.807) is 0 Å². The van der Waals surface area contributed by atoms with Gasteiger partial charge in [0.05, 0.1) is 6.10 Å². The number of aliphatic hydroxyl groups excluding tert-OH is 1. The molecular formula is C19H23NO. The van der Waals surface area contributed by atoms with E-state index in [0.29, 0.717) is 0 Å². The van der Waals surface area contributed by atoms with Gasteiger partial charge in [-0.15, -0.1) is 0 Å². The molecule has 2 aromatic carbocycles. The van der Waals surface area contributed by atoms with Gasteiger partial charge in [0.2, 0.25) is 0 Å². The van der Waals surface area contributed by atoms with Crippen molar-refractivity contribution in [1.82, 2.24) is 4.90 Å². The summed E-state index contributed by atoms with van der Waals surface area (Å²) in [6.07, 6.45) is 0.530. The highest BCUT2D eigenvalue weighted by Crippen LogP contribution is 2.43. The number of nitrogens with zero attached hydrogens (tertiary/aromatic N) is 1. The standard InChI is InChI=1S/C19H23NO/c1-14-18(21)13-17(15-9-5-3-6-10-15)20(2)19(14)16-11-7-4-8-12-16/h3-12,14,17-19,21H,13H2,1-2H3/t14-,17+,18+,19-/m1/s1. The summed E-state index contributed by atoms with van der Waals surface area (Å²) in [5.41, 5.74) is 2.57. The van der Waals surface area contributed by atoms with E-state index in [1.807, 2.05) is 12.1 Å². The van der Waals surface area contributed by atoms with Crippen molar-refractivity contribution in [2.24, 2.45) is 5.92 Å². The maximum Gasteiger partial charge on any atom is 0.0602 e. The fourth-order valence-electron chi connectivity index (χ4n) is 3.62. The Balaban J connectivity index is 1.96. The van der Waals surface area contributed by atoms with Gasteiger partial charge in [-0.05, 0) is 24.6 Å². The van der Waals surface area contributed by atoms with E-state index in [1.165, 1.54) is 11.1 Å². The highest BCUT2D eigenvalue weighted by atomic mass is 16.3. The lowest BCUT2D eigenvalue weighted by Gasteiger charge is -2.46. The highest BCUT2D eigenvalue weighted by Gasteiger charge is 2.39. The number of likely N-dealkylation sites (tertiary alicyclic amines) is 1. The smallest absolute Gasteiger partial charge is 0.0602 e. The molecule has 2 aromatic rings. The zero-order valence-corrected chi connectivity index (χ0v) is 12.7. The lowest BCUT2D eigenvalue weighted by atomic mass is 9.79. The van der Waals surface area contributed by atoms with Crippen molar-refractivity contribution in [3.05, 3.63) is 71.8 Å². The Morgan fingerprint density at radius 3 is 2.00 bits per heavy atom. The van der Waals surface area contributed by atoms with Gasteiger partial charge in [-0.1, -0.05) is 67.6 Å². The van der Waals surface area contributed by atoms with Crippen LogP contribution in [0.1, 0.15) is 36.6 Å². The molecule has 0 saturated carbocycles. The van der Waals surface area contributed by atoms with Crippen LogP contribution in [0.2, 0.25) is 0 Å². The van der Waals surface area contributed by atoms with Crippen molar-refractivity contribution in [3.8, 4) is 0 Å². The molecule has 2 nitrogen and oxygen atoms in total. The number of piperidine rings is 1. The van der Waals surface area contributed by atoms with Crippen LogP contribution in [0, 0.1) is 5.92 Å². The third-order valence-corrected chi connectivity index (χ3v) is 4.83. The summed E-state index contributed by atoms with van der Waals surface area (Å²) >= 11 is 0. The molecule has 0 bridgehead atoms. The summed E-state index contributed by atoms with van der Waals surface area (Å²) in [6, 6.07) is 21.6. The van der Waals surface area contributed by atoms with Gasteiger partial charge in [-0.2, -0.15) is 0 Å². The van der Waals surface area contributed by atoms with Crippen LogP contribution in [-0.2, 0) is 0 Å². The first-order valence-electron chi connectivity index (χ1n) is 7.68. The largest absolute Gasteiger partial charge is 0.393 e. The topological polar surface area (TPSA) is 23.5 Å². The van der Waals surface area contributed by atoms with E-state index in [2.05, 4.69) is 67.4 Å². The second kappa shape index (κ2) is 6.00. The zero-order valence-electron chi connectivity index (χ0n) is 12.7. The molecule has 3 rings (SSSR count). The molecule has 0 aliphatic carbocycles. The van der Waals surface area contributed by atoms with Gasteiger partial charge in [-0.3, -0.25) is 4.90 Å². The van der Waals surface area contributed by atoms with Crippen molar-refractivity contribution >= 4 is 0 Å². The van der Waals surface area contributed by atoms with Crippen molar-refractivity contribution in [3.63, 3.8) is 0 Å². The van der Waals surface area contributed by atoms with Gasteiger partial charge in [0.25, 0.3) is 0 Å². The van der Waals surface area contributed by atoms with Crippen molar-refractivity contribution < 1.29 is 5.11 Å². The van der Waals surface area contributed by atoms with Crippen LogP contribution in [0.15, 0.2) is 60.7 Å². The minimum Gasteiger partial charge on any atom is -0.393 e. The number of hydrogen-bond acceptors (Lipinski definition) is 2. The third kappa shape index (κ3) is 2.74. The van der Waals surface area contributed by atoms with Crippen LogP contribution in [0.5, 0.6) is 0 Å². The molecule has 0 unspecified atom stereocenters. The summed E-state index contributed by atoms with van der Waals surface area (Å²) in [5.74, 6) is 0.234. The maximum absolute atomic E-state index is 10.5. The lowest BCUT2D eigenvalue weighted by molar-refractivity contribution is -0.0328. The Labute approximate surface area is 127 Å². The molecule has 1 fully saturated rings. The summed E-state index contributed by atoms with van der Waals surface area (Å²) in [7, 11) is 2.18. The third-order valence-electron chi connectivity index (χ3n) is 4.83. The molecule has 110 valence electrons. The average molecular weight is 281 g/mol. The molecule has 1 saturated heterocycles. The predicted octanol–water partition coefficient (Wildman–Crippen LogP) is 3.80. The van der Waals surface area contributed by atoms with E-state index >= 15 is 0 Å². The first-order chi connectivity index (χ1) is 10.2. The molecule has 0 spiro atoms. The average Bonchev–Trinajstić information content (AvgIpc) is 2.53. The molecule has 1 N–H and O–H groups in total.